The van der Waals surface area contributed by atoms with Crippen molar-refractivity contribution >= 4 is 28.8 Å². The summed E-state index contributed by atoms with van der Waals surface area (Å²) in [6.07, 6.45) is 1.97. The quantitative estimate of drug-likeness (QED) is 0.700. The van der Waals surface area contributed by atoms with Crippen LogP contribution >= 0.6 is 12.2 Å². The van der Waals surface area contributed by atoms with E-state index in [4.69, 9.17) is 12.2 Å². The second kappa shape index (κ2) is 3.53. The lowest BCUT2D eigenvalue weighted by Gasteiger charge is -2.21. The van der Waals surface area contributed by atoms with E-state index in [0.717, 1.165) is 35.8 Å². The second-order valence-corrected chi connectivity index (χ2v) is 5.02. The summed E-state index contributed by atoms with van der Waals surface area (Å²) >= 11 is 5.39. The maximum Gasteiger partial charge on any atom is 0.274 e. The van der Waals surface area contributed by atoms with Gasteiger partial charge in [0, 0.05) is 13.6 Å². The maximum absolute atomic E-state index is 12.5. The predicted octanol–water partition coefficient (Wildman–Crippen LogP) is 1.09. The van der Waals surface area contributed by atoms with Gasteiger partial charge in [0.15, 0.2) is 0 Å². The highest BCUT2D eigenvalue weighted by Crippen LogP contribution is 2.30. The lowest BCUT2D eigenvalue weighted by atomic mass is 10.2. The van der Waals surface area contributed by atoms with E-state index in [1.54, 1.807) is 11.7 Å². The zero-order chi connectivity index (χ0) is 12.2. The number of carbonyl (C=O) groups is 1. The number of nitrogens with zero attached hydrogens (tertiary/aromatic N) is 3. The van der Waals surface area contributed by atoms with Gasteiger partial charge in [-0.3, -0.25) is 9.48 Å². The van der Waals surface area contributed by atoms with Crippen LogP contribution in [0.25, 0.3) is 0 Å². The first-order valence-corrected chi connectivity index (χ1v) is 6.16. The fraction of sp³-hybridized carbons (Fsp3) is 0.545. The van der Waals surface area contributed by atoms with E-state index >= 15 is 0 Å². The van der Waals surface area contributed by atoms with Crippen molar-refractivity contribution in [1.82, 2.24) is 14.7 Å². The number of rotatable bonds is 0. The van der Waals surface area contributed by atoms with Crippen molar-refractivity contribution in [3.8, 4) is 0 Å². The van der Waals surface area contributed by atoms with Crippen LogP contribution in [0.2, 0.25) is 0 Å². The van der Waals surface area contributed by atoms with Crippen LogP contribution in [0.3, 0.4) is 0 Å². The first-order valence-electron chi connectivity index (χ1n) is 5.75. The largest absolute Gasteiger partial charge is 0.345 e. The third-order valence-corrected chi connectivity index (χ3v) is 3.86. The zero-order valence-corrected chi connectivity index (χ0v) is 10.7. The normalized spacial score (nSPS) is 23.2. The van der Waals surface area contributed by atoms with E-state index < -0.39 is 0 Å². The van der Waals surface area contributed by atoms with Gasteiger partial charge in [0.05, 0.1) is 17.4 Å². The highest BCUT2D eigenvalue weighted by Gasteiger charge is 2.38. The van der Waals surface area contributed by atoms with Crippen LogP contribution in [-0.2, 0) is 7.05 Å². The first kappa shape index (κ1) is 10.7. The average Bonchev–Trinajstić information content (AvgIpc) is 2.81. The highest BCUT2D eigenvalue weighted by atomic mass is 32.1. The van der Waals surface area contributed by atoms with E-state index in [0.29, 0.717) is 5.69 Å². The summed E-state index contributed by atoms with van der Waals surface area (Å²) in [7, 11) is 1.80. The van der Waals surface area contributed by atoms with Crippen molar-refractivity contribution in [3.63, 3.8) is 0 Å². The van der Waals surface area contributed by atoms with Crippen molar-refractivity contribution in [3.05, 3.63) is 11.4 Å². The molecule has 1 N–H and O–H groups in total. The number of aryl methyl sites for hydroxylation is 2. The van der Waals surface area contributed by atoms with Gasteiger partial charge in [-0.2, -0.15) is 5.10 Å². The third-order valence-electron chi connectivity index (χ3n) is 3.49. The standard InChI is InChI=1S/C11H14N4OS/c1-6-8-9(14(2)13-6)11(16)15-5-3-4-7(15)10(17)12-8/h7H,3-5H2,1-2H3,(H,12,17)/t7-/m0/s1. The molecule has 0 saturated carbocycles. The van der Waals surface area contributed by atoms with E-state index in [-0.39, 0.29) is 11.9 Å². The molecule has 2 aliphatic rings. The Morgan fingerprint density at radius 1 is 1.53 bits per heavy atom. The van der Waals surface area contributed by atoms with Crippen LogP contribution in [0, 0.1) is 6.92 Å². The Balaban J connectivity index is 2.17. The molecule has 3 rings (SSSR count). The summed E-state index contributed by atoms with van der Waals surface area (Å²) in [5, 5.41) is 7.48. The second-order valence-electron chi connectivity index (χ2n) is 4.58. The fourth-order valence-electron chi connectivity index (χ4n) is 2.68. The molecule has 1 atom stereocenters. The number of amides is 1. The van der Waals surface area contributed by atoms with Crippen LogP contribution in [-0.4, -0.2) is 38.2 Å². The summed E-state index contributed by atoms with van der Waals surface area (Å²) in [5.41, 5.74) is 2.21. The molecule has 0 spiro atoms. The Hall–Kier alpha value is -1.43. The topological polar surface area (TPSA) is 50.2 Å². The van der Waals surface area contributed by atoms with E-state index in [2.05, 4.69) is 10.4 Å². The van der Waals surface area contributed by atoms with Crippen molar-refractivity contribution < 1.29 is 4.79 Å². The smallest absolute Gasteiger partial charge is 0.274 e. The molecule has 17 heavy (non-hydrogen) atoms. The van der Waals surface area contributed by atoms with Crippen LogP contribution in [0.5, 0.6) is 0 Å². The van der Waals surface area contributed by atoms with Gasteiger partial charge in [0.1, 0.15) is 10.7 Å². The Labute approximate surface area is 105 Å². The van der Waals surface area contributed by atoms with Gasteiger partial charge in [0.25, 0.3) is 5.91 Å². The van der Waals surface area contributed by atoms with Gasteiger partial charge in [-0.1, -0.05) is 12.2 Å². The molecule has 1 saturated heterocycles. The van der Waals surface area contributed by atoms with E-state index in [9.17, 15) is 4.79 Å². The van der Waals surface area contributed by atoms with Gasteiger partial charge in [-0.15, -0.1) is 0 Å². The number of carbonyl (C=O) groups excluding carboxylic acids is 1. The minimum atomic E-state index is 0.0398. The van der Waals surface area contributed by atoms with Crippen molar-refractivity contribution in [2.45, 2.75) is 25.8 Å². The lowest BCUT2D eigenvalue weighted by Crippen LogP contribution is -2.40. The molecule has 1 aromatic rings. The predicted molar refractivity (Wildman–Crippen MR) is 68.2 cm³/mol. The first-order chi connectivity index (χ1) is 8.09. The minimum absolute atomic E-state index is 0.0398. The van der Waals surface area contributed by atoms with Crippen molar-refractivity contribution in [2.24, 2.45) is 7.05 Å². The maximum atomic E-state index is 12.5. The average molecular weight is 250 g/mol. The Morgan fingerprint density at radius 3 is 3.06 bits per heavy atom. The summed E-state index contributed by atoms with van der Waals surface area (Å²) in [5.74, 6) is 0.0398. The Kier molecular flexibility index (Phi) is 2.22. The van der Waals surface area contributed by atoms with Gasteiger partial charge in [-0.25, -0.2) is 0 Å². The number of fused-ring (bicyclic) bond motifs is 2. The number of hydrogen-bond donors (Lipinski definition) is 1. The van der Waals surface area contributed by atoms with E-state index in [1.807, 2.05) is 11.8 Å². The lowest BCUT2D eigenvalue weighted by molar-refractivity contribution is 0.0763. The number of anilines is 1. The van der Waals surface area contributed by atoms with Crippen LogP contribution in [0.15, 0.2) is 0 Å². The number of nitrogens with one attached hydrogen (secondary N) is 1. The third kappa shape index (κ3) is 1.40. The molecular weight excluding hydrogens is 236 g/mol. The molecule has 3 heterocycles. The van der Waals surface area contributed by atoms with Gasteiger partial charge in [-0.05, 0) is 19.8 Å². The summed E-state index contributed by atoms with van der Waals surface area (Å²) < 4.78 is 1.64. The zero-order valence-electron chi connectivity index (χ0n) is 9.86. The van der Waals surface area contributed by atoms with Crippen LogP contribution in [0.1, 0.15) is 29.0 Å². The van der Waals surface area contributed by atoms with Crippen LogP contribution in [0.4, 0.5) is 5.69 Å². The van der Waals surface area contributed by atoms with Crippen molar-refractivity contribution in [2.75, 3.05) is 11.9 Å². The van der Waals surface area contributed by atoms with Crippen LogP contribution < -0.4 is 5.32 Å². The molecule has 0 aliphatic carbocycles. The van der Waals surface area contributed by atoms with Crippen molar-refractivity contribution in [1.29, 1.82) is 0 Å². The molecule has 1 amide bonds. The molecule has 0 bridgehead atoms. The molecule has 6 heteroatoms. The molecule has 90 valence electrons. The number of thiocarbonyl (C=S) groups is 1. The van der Waals surface area contributed by atoms with Gasteiger partial charge >= 0.3 is 0 Å². The summed E-state index contributed by atoms with van der Waals surface area (Å²) in [4.78, 5) is 15.1. The minimum Gasteiger partial charge on any atom is -0.345 e. The molecule has 1 aromatic heterocycles. The summed E-state index contributed by atoms with van der Waals surface area (Å²) in [6.45, 7) is 2.67. The molecule has 0 unspecified atom stereocenters. The van der Waals surface area contributed by atoms with Gasteiger partial charge in [0.2, 0.25) is 0 Å². The van der Waals surface area contributed by atoms with Gasteiger partial charge < -0.3 is 10.2 Å². The number of aromatic nitrogens is 2. The SMILES string of the molecule is Cc1nn(C)c2c1NC(=S)[C@@H]1CCCN1C2=O. The number of hydrogen-bond acceptors (Lipinski definition) is 3. The van der Waals surface area contributed by atoms with E-state index in [1.165, 1.54) is 0 Å². The molecule has 5 nitrogen and oxygen atoms in total. The molecule has 0 radical (unpaired) electrons. The molecular formula is C11H14N4OS. The summed E-state index contributed by atoms with van der Waals surface area (Å²) in [6, 6.07) is 0.0595. The monoisotopic (exact) mass is 250 g/mol. The fourth-order valence-corrected chi connectivity index (χ4v) is 3.03. The molecule has 1 fully saturated rings. The highest BCUT2D eigenvalue weighted by molar-refractivity contribution is 7.80. The Bertz CT molecular complexity index is 522. The molecule has 0 aromatic carbocycles. The Morgan fingerprint density at radius 2 is 2.29 bits per heavy atom. The molecule has 2 aliphatic heterocycles.